The number of hydrogen-bond acceptors (Lipinski definition) is 9. The average molecular weight is 728 g/mol. The molecule has 0 bridgehead atoms. The Morgan fingerprint density at radius 1 is 0.640 bits per heavy atom. The van der Waals surface area contributed by atoms with Gasteiger partial charge in [-0.2, -0.15) is 0 Å². The zero-order valence-electron chi connectivity index (χ0n) is 31.1. The van der Waals surface area contributed by atoms with E-state index in [1.165, 1.54) is 44.9 Å². The fourth-order valence-corrected chi connectivity index (χ4v) is 5.66. The monoisotopic (exact) mass is 727 g/mol. The molecule has 10 nitrogen and oxygen atoms in total. The summed E-state index contributed by atoms with van der Waals surface area (Å²) in [5.41, 5.74) is 5.32. The molecule has 0 aromatic carbocycles. The van der Waals surface area contributed by atoms with Crippen LogP contribution in [0.15, 0.2) is 48.6 Å². The second kappa shape index (κ2) is 36.7. The van der Waals surface area contributed by atoms with E-state index >= 15 is 0 Å². The highest BCUT2D eigenvalue weighted by molar-refractivity contribution is 7.47. The number of nitrogens with two attached hydrogens (primary N) is 1. The Hall–Kier alpha value is -2.07. The number of phosphoric acid groups is 1. The van der Waals surface area contributed by atoms with Crippen molar-refractivity contribution in [3.05, 3.63) is 48.6 Å². The van der Waals surface area contributed by atoms with Gasteiger partial charge in [0, 0.05) is 26.0 Å². The molecule has 0 aliphatic rings. The normalized spacial score (nSPS) is 13.9. The Morgan fingerprint density at radius 2 is 1.14 bits per heavy atom. The van der Waals surface area contributed by atoms with Crippen LogP contribution >= 0.6 is 7.82 Å². The molecule has 0 rings (SSSR count). The van der Waals surface area contributed by atoms with Gasteiger partial charge in [-0.15, -0.1) is 0 Å². The molecular weight excluding hydrogens is 657 g/mol. The number of carbonyl (C=O) groups excluding carboxylic acids is 2. The third-order valence-electron chi connectivity index (χ3n) is 7.77. The number of esters is 2. The maximum absolute atomic E-state index is 12.5. The molecule has 0 aromatic rings. The first kappa shape index (κ1) is 47.9. The second-order valence-electron chi connectivity index (χ2n) is 12.5. The van der Waals surface area contributed by atoms with E-state index in [9.17, 15) is 19.0 Å². The standard InChI is InChI=1S/C39H70NO9P/c1-2-3-4-5-6-7-15-19-22-25-28-31-39(43)49-37(36-48-50(44,45)47-34-32-40)35-46-38(42)30-27-24-21-18-16-13-11-9-8-10-12-14-17-20-23-26-29-33-41/h8,10-11,13-14,17-18,21,37,41H,2-7,9,12,15-16,19-20,22-36,40H2,1H3,(H,44,45)/b10-8-,13-11-,17-14-,21-18-/t37-/m1/s1. The summed E-state index contributed by atoms with van der Waals surface area (Å²) in [5, 5.41) is 8.77. The summed E-state index contributed by atoms with van der Waals surface area (Å²) in [5.74, 6) is -0.912. The van der Waals surface area contributed by atoms with Crippen molar-refractivity contribution in [2.45, 2.75) is 154 Å². The number of ether oxygens (including phenoxy) is 2. The smallest absolute Gasteiger partial charge is 0.462 e. The molecule has 1 unspecified atom stereocenters. The van der Waals surface area contributed by atoms with Crippen LogP contribution in [0.1, 0.15) is 148 Å². The van der Waals surface area contributed by atoms with Gasteiger partial charge in [-0.1, -0.05) is 126 Å². The van der Waals surface area contributed by atoms with E-state index < -0.39 is 32.5 Å². The van der Waals surface area contributed by atoms with Crippen molar-refractivity contribution in [2.75, 3.05) is 33.0 Å². The molecule has 0 heterocycles. The van der Waals surface area contributed by atoms with Gasteiger partial charge in [-0.3, -0.25) is 18.6 Å². The zero-order valence-corrected chi connectivity index (χ0v) is 32.0. The number of allylic oxidation sites excluding steroid dienone is 8. The lowest BCUT2D eigenvalue weighted by molar-refractivity contribution is -0.161. The molecule has 0 saturated heterocycles. The summed E-state index contributed by atoms with van der Waals surface area (Å²) < 4.78 is 32.5. The maximum atomic E-state index is 12.5. The van der Waals surface area contributed by atoms with E-state index in [2.05, 4.69) is 49.5 Å². The van der Waals surface area contributed by atoms with E-state index in [0.29, 0.717) is 12.8 Å². The van der Waals surface area contributed by atoms with Crippen molar-refractivity contribution >= 4 is 19.8 Å². The number of hydrogen-bond donors (Lipinski definition) is 3. The summed E-state index contributed by atoms with van der Waals surface area (Å²) >= 11 is 0. The number of aliphatic hydroxyl groups excluding tert-OH is 1. The fraction of sp³-hybridized carbons (Fsp3) is 0.744. The highest BCUT2D eigenvalue weighted by atomic mass is 31.2. The Morgan fingerprint density at radius 3 is 1.70 bits per heavy atom. The summed E-state index contributed by atoms with van der Waals surface area (Å²) in [6.07, 6.45) is 37.3. The van der Waals surface area contributed by atoms with Crippen molar-refractivity contribution in [3.8, 4) is 0 Å². The predicted molar refractivity (Wildman–Crippen MR) is 203 cm³/mol. The molecule has 2 atom stereocenters. The zero-order chi connectivity index (χ0) is 36.8. The van der Waals surface area contributed by atoms with E-state index in [1.807, 2.05) is 6.08 Å². The number of rotatable bonds is 36. The molecule has 0 aliphatic carbocycles. The van der Waals surface area contributed by atoms with E-state index in [0.717, 1.165) is 70.6 Å². The highest BCUT2D eigenvalue weighted by Crippen LogP contribution is 2.43. The van der Waals surface area contributed by atoms with Crippen LogP contribution in [0.2, 0.25) is 0 Å². The molecule has 0 fully saturated rings. The Kier molecular flexibility index (Phi) is 35.2. The Bertz CT molecular complexity index is 967. The maximum Gasteiger partial charge on any atom is 0.472 e. The Labute approximate surface area is 303 Å². The van der Waals surface area contributed by atoms with Gasteiger partial charge in [0.1, 0.15) is 6.61 Å². The van der Waals surface area contributed by atoms with Gasteiger partial charge in [0.2, 0.25) is 0 Å². The molecule has 0 spiro atoms. The van der Waals surface area contributed by atoms with Gasteiger partial charge in [0.05, 0.1) is 13.2 Å². The van der Waals surface area contributed by atoms with Crippen LogP contribution < -0.4 is 5.73 Å². The minimum atomic E-state index is -4.39. The van der Waals surface area contributed by atoms with Crippen molar-refractivity contribution in [1.29, 1.82) is 0 Å². The molecule has 4 N–H and O–H groups in total. The minimum Gasteiger partial charge on any atom is -0.462 e. The van der Waals surface area contributed by atoms with Gasteiger partial charge < -0.3 is 25.2 Å². The van der Waals surface area contributed by atoms with Gasteiger partial charge in [0.25, 0.3) is 0 Å². The van der Waals surface area contributed by atoms with Crippen LogP contribution in [-0.4, -0.2) is 61.0 Å². The molecule has 50 heavy (non-hydrogen) atoms. The topological polar surface area (TPSA) is 155 Å². The van der Waals surface area contributed by atoms with E-state index in [1.54, 1.807) is 0 Å². The molecule has 0 aliphatic heterocycles. The molecular formula is C39H70NO9P. The van der Waals surface area contributed by atoms with Crippen LogP contribution in [-0.2, 0) is 32.7 Å². The largest absolute Gasteiger partial charge is 0.472 e. The van der Waals surface area contributed by atoms with E-state index in [-0.39, 0.29) is 39.2 Å². The quantitative estimate of drug-likeness (QED) is 0.0246. The van der Waals surface area contributed by atoms with Gasteiger partial charge in [-0.05, 0) is 57.8 Å². The average Bonchev–Trinajstić information content (AvgIpc) is 3.10. The second-order valence-corrected chi connectivity index (χ2v) is 14.0. The minimum absolute atomic E-state index is 0.0412. The molecule has 0 saturated carbocycles. The predicted octanol–water partition coefficient (Wildman–Crippen LogP) is 9.35. The number of unbranched alkanes of at least 4 members (excludes halogenated alkanes) is 14. The number of carbonyl (C=O) groups is 2. The number of phosphoric ester groups is 1. The van der Waals surface area contributed by atoms with Gasteiger partial charge in [-0.25, -0.2) is 4.57 Å². The first-order chi connectivity index (χ1) is 24.3. The SMILES string of the molecule is CCCCCCCCCCCCCC(=O)O[C@H](COC(=O)CCC/C=C\C/C=C\C/C=C\C/C=C\CCCCCO)COP(=O)(O)OCCN. The summed E-state index contributed by atoms with van der Waals surface area (Å²) in [6.45, 7) is 1.64. The van der Waals surface area contributed by atoms with Crippen LogP contribution in [0.25, 0.3) is 0 Å². The summed E-state index contributed by atoms with van der Waals surface area (Å²) in [4.78, 5) is 34.6. The summed E-state index contributed by atoms with van der Waals surface area (Å²) in [6, 6.07) is 0. The third-order valence-corrected chi connectivity index (χ3v) is 8.76. The van der Waals surface area contributed by atoms with Crippen molar-refractivity contribution < 1.29 is 42.7 Å². The van der Waals surface area contributed by atoms with E-state index in [4.69, 9.17) is 29.4 Å². The number of aliphatic hydroxyl groups is 1. The van der Waals surface area contributed by atoms with Crippen LogP contribution in [0.3, 0.4) is 0 Å². The van der Waals surface area contributed by atoms with Crippen LogP contribution in [0.4, 0.5) is 0 Å². The first-order valence-electron chi connectivity index (χ1n) is 19.2. The lowest BCUT2D eigenvalue weighted by Gasteiger charge is -2.19. The summed E-state index contributed by atoms with van der Waals surface area (Å²) in [7, 11) is -4.39. The fourth-order valence-electron chi connectivity index (χ4n) is 4.90. The van der Waals surface area contributed by atoms with Crippen LogP contribution in [0.5, 0.6) is 0 Å². The lowest BCUT2D eigenvalue weighted by Crippen LogP contribution is -2.29. The van der Waals surface area contributed by atoms with Crippen molar-refractivity contribution in [3.63, 3.8) is 0 Å². The van der Waals surface area contributed by atoms with Crippen molar-refractivity contribution in [2.24, 2.45) is 5.73 Å². The molecule has 290 valence electrons. The van der Waals surface area contributed by atoms with Crippen LogP contribution in [0, 0.1) is 0 Å². The molecule has 11 heteroatoms. The van der Waals surface area contributed by atoms with Gasteiger partial charge in [0.15, 0.2) is 6.10 Å². The molecule has 0 aromatic heterocycles. The first-order valence-corrected chi connectivity index (χ1v) is 20.7. The lowest BCUT2D eigenvalue weighted by atomic mass is 10.1. The molecule has 0 amide bonds. The molecule has 0 radical (unpaired) electrons. The Balaban J connectivity index is 4.30. The highest BCUT2D eigenvalue weighted by Gasteiger charge is 2.25. The third kappa shape index (κ3) is 35.7. The van der Waals surface area contributed by atoms with Crippen molar-refractivity contribution in [1.82, 2.24) is 0 Å². The van der Waals surface area contributed by atoms with Gasteiger partial charge >= 0.3 is 19.8 Å².